The standard InChI is InChI=1S/C14H16N2O3S/c17-14(18)13(11-12-5-2-1-3-6-12)20(19)10-9-16-8-4-7-15-16/h1-8,13H,9-11H2,(H,17,18). The van der Waals surface area contributed by atoms with Gasteiger partial charge >= 0.3 is 5.97 Å². The van der Waals surface area contributed by atoms with Crippen LogP contribution >= 0.6 is 0 Å². The lowest BCUT2D eigenvalue weighted by molar-refractivity contribution is -0.136. The normalized spacial score (nSPS) is 13.8. The second kappa shape index (κ2) is 7.00. The molecule has 0 saturated carbocycles. The van der Waals surface area contributed by atoms with Crippen molar-refractivity contribution < 1.29 is 14.1 Å². The second-order valence-corrected chi connectivity index (χ2v) is 6.11. The van der Waals surface area contributed by atoms with Crippen molar-refractivity contribution in [3.8, 4) is 0 Å². The van der Waals surface area contributed by atoms with Crippen molar-refractivity contribution in [2.75, 3.05) is 5.75 Å². The molecule has 0 spiro atoms. The van der Waals surface area contributed by atoms with E-state index in [-0.39, 0.29) is 12.2 Å². The molecule has 0 saturated heterocycles. The zero-order valence-corrected chi connectivity index (χ0v) is 11.7. The van der Waals surface area contributed by atoms with Gasteiger partial charge in [0.05, 0.1) is 6.54 Å². The molecule has 5 nitrogen and oxygen atoms in total. The summed E-state index contributed by atoms with van der Waals surface area (Å²) >= 11 is 0. The molecule has 0 aliphatic rings. The lowest BCUT2D eigenvalue weighted by Crippen LogP contribution is -2.30. The number of aromatic nitrogens is 2. The summed E-state index contributed by atoms with van der Waals surface area (Å²) in [7, 11) is -1.43. The fourth-order valence-corrected chi connectivity index (χ4v) is 3.13. The Kier molecular flexibility index (Phi) is 5.06. The number of aryl methyl sites for hydroxylation is 1. The van der Waals surface area contributed by atoms with Crippen molar-refractivity contribution >= 4 is 16.8 Å². The van der Waals surface area contributed by atoms with Crippen molar-refractivity contribution in [1.29, 1.82) is 0 Å². The van der Waals surface area contributed by atoms with Crippen LogP contribution in [0.1, 0.15) is 5.56 Å². The minimum atomic E-state index is -1.43. The van der Waals surface area contributed by atoms with Gasteiger partial charge in [-0.3, -0.25) is 13.7 Å². The minimum absolute atomic E-state index is 0.280. The lowest BCUT2D eigenvalue weighted by atomic mass is 10.1. The number of hydrogen-bond donors (Lipinski definition) is 1. The SMILES string of the molecule is O=C(O)C(Cc1ccccc1)S(=O)CCn1cccn1. The number of carboxylic acids is 1. The summed E-state index contributed by atoms with van der Waals surface area (Å²) in [4.78, 5) is 11.3. The van der Waals surface area contributed by atoms with Crippen LogP contribution in [0, 0.1) is 0 Å². The summed E-state index contributed by atoms with van der Waals surface area (Å²) in [5.41, 5.74) is 0.882. The molecule has 2 aromatic rings. The Labute approximate surface area is 119 Å². The molecular weight excluding hydrogens is 276 g/mol. The predicted molar refractivity (Wildman–Crippen MR) is 76.8 cm³/mol. The lowest BCUT2D eigenvalue weighted by Gasteiger charge is -2.12. The van der Waals surface area contributed by atoms with Crippen LogP contribution in [-0.2, 0) is 28.6 Å². The van der Waals surface area contributed by atoms with E-state index in [9.17, 15) is 14.1 Å². The molecule has 0 aliphatic carbocycles. The number of carbonyl (C=O) groups is 1. The van der Waals surface area contributed by atoms with Crippen LogP contribution < -0.4 is 0 Å². The third-order valence-electron chi connectivity index (χ3n) is 2.94. The minimum Gasteiger partial charge on any atom is -0.480 e. The van der Waals surface area contributed by atoms with Gasteiger partial charge in [0.15, 0.2) is 0 Å². The fourth-order valence-electron chi connectivity index (χ4n) is 1.88. The zero-order chi connectivity index (χ0) is 14.4. The van der Waals surface area contributed by atoms with Gasteiger partial charge in [-0.25, -0.2) is 0 Å². The monoisotopic (exact) mass is 292 g/mol. The highest BCUT2D eigenvalue weighted by Gasteiger charge is 2.24. The highest BCUT2D eigenvalue weighted by Crippen LogP contribution is 2.09. The zero-order valence-electron chi connectivity index (χ0n) is 10.9. The van der Waals surface area contributed by atoms with Crippen molar-refractivity contribution in [3.63, 3.8) is 0 Å². The molecule has 20 heavy (non-hydrogen) atoms. The van der Waals surface area contributed by atoms with Crippen LogP contribution in [0.3, 0.4) is 0 Å². The first-order chi connectivity index (χ1) is 9.66. The van der Waals surface area contributed by atoms with E-state index in [0.29, 0.717) is 6.54 Å². The van der Waals surface area contributed by atoms with E-state index in [0.717, 1.165) is 5.56 Å². The van der Waals surface area contributed by atoms with E-state index in [1.165, 1.54) is 0 Å². The van der Waals surface area contributed by atoms with Crippen molar-refractivity contribution in [2.24, 2.45) is 0 Å². The van der Waals surface area contributed by atoms with Crippen molar-refractivity contribution in [1.82, 2.24) is 9.78 Å². The molecule has 0 fully saturated rings. The molecule has 0 aliphatic heterocycles. The van der Waals surface area contributed by atoms with Gasteiger partial charge in [-0.1, -0.05) is 30.3 Å². The Morgan fingerprint density at radius 1 is 1.30 bits per heavy atom. The summed E-state index contributed by atoms with van der Waals surface area (Å²) < 4.78 is 13.8. The van der Waals surface area contributed by atoms with Crippen molar-refractivity contribution in [3.05, 3.63) is 54.4 Å². The first-order valence-corrected chi connectivity index (χ1v) is 7.66. The Balaban J connectivity index is 1.97. The summed E-state index contributed by atoms with van der Waals surface area (Å²) in [5.74, 6) is -0.737. The number of aliphatic carboxylic acids is 1. The maximum absolute atomic E-state index is 12.2. The van der Waals surface area contributed by atoms with Gasteiger partial charge in [0.2, 0.25) is 0 Å². The van der Waals surface area contributed by atoms with E-state index in [2.05, 4.69) is 5.10 Å². The van der Waals surface area contributed by atoms with Crippen LogP contribution in [0.15, 0.2) is 48.8 Å². The number of carboxylic acid groups (broad SMARTS) is 1. The molecule has 1 heterocycles. The molecule has 1 aromatic heterocycles. The molecule has 106 valence electrons. The van der Waals surface area contributed by atoms with E-state index < -0.39 is 22.0 Å². The molecule has 0 amide bonds. The van der Waals surface area contributed by atoms with E-state index in [4.69, 9.17) is 0 Å². The topological polar surface area (TPSA) is 72.2 Å². The molecule has 2 atom stereocenters. The number of rotatable bonds is 7. The van der Waals surface area contributed by atoms with Gasteiger partial charge < -0.3 is 5.11 Å². The van der Waals surface area contributed by atoms with Crippen LogP contribution in [-0.4, -0.2) is 36.1 Å². The fraction of sp³-hybridized carbons (Fsp3) is 0.286. The molecule has 1 N–H and O–H groups in total. The molecular formula is C14H16N2O3S. The van der Waals surface area contributed by atoms with Gasteiger partial charge in [-0.2, -0.15) is 5.10 Å². The first-order valence-electron chi connectivity index (χ1n) is 6.28. The summed E-state index contributed by atoms with van der Waals surface area (Å²) in [6, 6.07) is 11.0. The largest absolute Gasteiger partial charge is 0.480 e. The molecule has 6 heteroatoms. The van der Waals surface area contributed by atoms with E-state index >= 15 is 0 Å². The molecule has 1 aromatic carbocycles. The Bertz CT molecular complexity index is 569. The van der Waals surface area contributed by atoms with E-state index in [1.807, 2.05) is 30.3 Å². The van der Waals surface area contributed by atoms with Crippen molar-refractivity contribution in [2.45, 2.75) is 18.2 Å². The number of hydrogen-bond acceptors (Lipinski definition) is 3. The Morgan fingerprint density at radius 2 is 2.05 bits per heavy atom. The van der Waals surface area contributed by atoms with E-state index in [1.54, 1.807) is 23.1 Å². The summed E-state index contributed by atoms with van der Waals surface area (Å²) in [6.45, 7) is 0.457. The quantitative estimate of drug-likeness (QED) is 0.835. The van der Waals surface area contributed by atoms with Crippen LogP contribution in [0.5, 0.6) is 0 Å². The van der Waals surface area contributed by atoms with Gasteiger partial charge in [0, 0.05) is 28.9 Å². The Hall–Kier alpha value is -1.95. The number of nitrogens with zero attached hydrogens (tertiary/aromatic N) is 2. The third kappa shape index (κ3) is 4.03. The van der Waals surface area contributed by atoms with Gasteiger partial charge in [-0.05, 0) is 18.1 Å². The maximum atomic E-state index is 12.2. The highest BCUT2D eigenvalue weighted by atomic mass is 32.2. The second-order valence-electron chi connectivity index (χ2n) is 4.37. The van der Waals surface area contributed by atoms with Crippen LogP contribution in [0.4, 0.5) is 0 Å². The van der Waals surface area contributed by atoms with Crippen LogP contribution in [0.25, 0.3) is 0 Å². The first kappa shape index (κ1) is 14.5. The van der Waals surface area contributed by atoms with Crippen LogP contribution in [0.2, 0.25) is 0 Å². The highest BCUT2D eigenvalue weighted by molar-refractivity contribution is 7.86. The number of benzene rings is 1. The molecule has 2 unspecified atom stereocenters. The van der Waals surface area contributed by atoms with Gasteiger partial charge in [0.1, 0.15) is 5.25 Å². The molecule has 0 radical (unpaired) electrons. The predicted octanol–water partition coefficient (Wildman–Crippen LogP) is 1.33. The molecule has 2 rings (SSSR count). The molecule has 0 bridgehead atoms. The summed E-state index contributed by atoms with van der Waals surface area (Å²) in [5, 5.41) is 12.4. The summed E-state index contributed by atoms with van der Waals surface area (Å²) in [6.07, 6.45) is 3.69. The smallest absolute Gasteiger partial charge is 0.319 e. The Morgan fingerprint density at radius 3 is 2.65 bits per heavy atom. The third-order valence-corrected chi connectivity index (χ3v) is 4.53. The average Bonchev–Trinajstić information content (AvgIpc) is 2.96. The van der Waals surface area contributed by atoms with Gasteiger partial charge in [0.25, 0.3) is 0 Å². The average molecular weight is 292 g/mol. The van der Waals surface area contributed by atoms with Gasteiger partial charge in [-0.15, -0.1) is 0 Å². The maximum Gasteiger partial charge on any atom is 0.319 e.